The highest BCUT2D eigenvalue weighted by Gasteiger charge is 2.19. The molecule has 34 heavy (non-hydrogen) atoms. The lowest BCUT2D eigenvalue weighted by Gasteiger charge is -2.14. The molecule has 0 aliphatic carbocycles. The van der Waals surface area contributed by atoms with Gasteiger partial charge in [0.25, 0.3) is 0 Å². The van der Waals surface area contributed by atoms with Crippen LogP contribution in [0.3, 0.4) is 0 Å². The number of nitrogens with zero attached hydrogens (tertiary/aromatic N) is 2. The normalized spacial score (nSPS) is 10.4. The van der Waals surface area contributed by atoms with Crippen molar-refractivity contribution in [1.29, 1.82) is 5.26 Å². The van der Waals surface area contributed by atoms with Gasteiger partial charge in [-0.15, -0.1) is 0 Å². The summed E-state index contributed by atoms with van der Waals surface area (Å²) >= 11 is 1.20. The molecule has 1 heterocycles. The topological polar surface area (TPSA) is 72.2 Å². The smallest absolute Gasteiger partial charge is 0.316 e. The number of nitriles is 1. The van der Waals surface area contributed by atoms with Gasteiger partial charge in [0.1, 0.15) is 23.5 Å². The molecule has 0 unspecified atom stereocenters. The van der Waals surface area contributed by atoms with Gasteiger partial charge in [0.2, 0.25) is 0 Å². The molecule has 3 aromatic carbocycles. The minimum absolute atomic E-state index is 0.0398. The Balaban J connectivity index is 1.67. The molecule has 4 aromatic rings. The SMILES string of the molecule is COc1ccccc1-c1cc(-c2ccccc2)nc(SCC(=O)OCc2ccccc2)c1C#N. The fourth-order valence-electron chi connectivity index (χ4n) is 3.48. The Kier molecular flexibility index (Phi) is 7.59. The molecule has 0 aliphatic heterocycles. The quantitative estimate of drug-likeness (QED) is 0.230. The molecular formula is C28H22N2O3S. The fourth-order valence-corrected chi connectivity index (χ4v) is 4.28. The lowest BCUT2D eigenvalue weighted by Crippen LogP contribution is -2.08. The number of para-hydroxylation sites is 1. The zero-order valence-corrected chi connectivity index (χ0v) is 19.4. The first kappa shape index (κ1) is 23.1. The number of aromatic nitrogens is 1. The van der Waals surface area contributed by atoms with E-state index >= 15 is 0 Å². The molecule has 0 amide bonds. The second kappa shape index (κ2) is 11.2. The number of esters is 1. The van der Waals surface area contributed by atoms with Crippen molar-refractivity contribution < 1.29 is 14.3 Å². The number of thioether (sulfide) groups is 1. The van der Waals surface area contributed by atoms with E-state index in [1.165, 1.54) is 11.8 Å². The van der Waals surface area contributed by atoms with E-state index in [-0.39, 0.29) is 18.3 Å². The van der Waals surface area contributed by atoms with Gasteiger partial charge in [0.15, 0.2) is 0 Å². The van der Waals surface area contributed by atoms with Gasteiger partial charge >= 0.3 is 5.97 Å². The predicted molar refractivity (Wildman–Crippen MR) is 133 cm³/mol. The molecule has 0 bridgehead atoms. The Bertz CT molecular complexity index is 1320. The fraction of sp³-hybridized carbons (Fsp3) is 0.107. The minimum atomic E-state index is -0.372. The molecule has 4 rings (SSSR count). The van der Waals surface area contributed by atoms with E-state index < -0.39 is 0 Å². The molecule has 0 saturated carbocycles. The third kappa shape index (κ3) is 5.45. The Hall–Kier alpha value is -4.08. The average Bonchev–Trinajstić information content (AvgIpc) is 2.91. The first-order chi connectivity index (χ1) is 16.7. The van der Waals surface area contributed by atoms with Crippen LogP contribution in [-0.4, -0.2) is 23.8 Å². The molecule has 0 spiro atoms. The van der Waals surface area contributed by atoms with E-state index in [2.05, 4.69) is 6.07 Å². The van der Waals surface area contributed by atoms with Crippen molar-refractivity contribution in [1.82, 2.24) is 4.98 Å². The van der Waals surface area contributed by atoms with Gasteiger partial charge in [-0.25, -0.2) is 4.98 Å². The second-order valence-electron chi connectivity index (χ2n) is 7.35. The summed E-state index contributed by atoms with van der Waals surface area (Å²) in [4.78, 5) is 17.2. The average molecular weight is 467 g/mol. The van der Waals surface area contributed by atoms with Crippen molar-refractivity contribution in [2.24, 2.45) is 0 Å². The molecule has 0 atom stereocenters. The highest BCUT2D eigenvalue weighted by molar-refractivity contribution is 7.99. The summed E-state index contributed by atoms with van der Waals surface area (Å²) in [5.41, 5.74) is 4.42. The number of rotatable bonds is 8. The standard InChI is InChI=1S/C28H22N2O3S/c1-32-26-15-9-8-14-22(26)23-16-25(21-12-6-3-7-13-21)30-28(24(23)17-29)34-19-27(31)33-18-20-10-4-2-5-11-20/h2-16H,18-19H2,1H3. The van der Waals surface area contributed by atoms with Crippen molar-refractivity contribution in [3.8, 4) is 34.2 Å². The Morgan fingerprint density at radius 3 is 2.32 bits per heavy atom. The van der Waals surface area contributed by atoms with Crippen LogP contribution in [0.2, 0.25) is 0 Å². The summed E-state index contributed by atoms with van der Waals surface area (Å²) < 4.78 is 10.9. The highest BCUT2D eigenvalue weighted by atomic mass is 32.2. The van der Waals surface area contributed by atoms with Crippen molar-refractivity contribution >= 4 is 17.7 Å². The van der Waals surface area contributed by atoms with Crippen LogP contribution in [0.4, 0.5) is 0 Å². The summed E-state index contributed by atoms with van der Waals surface area (Å²) in [6.45, 7) is 0.204. The number of pyridine rings is 1. The number of benzene rings is 3. The number of ether oxygens (including phenoxy) is 2. The predicted octanol–water partition coefficient (Wildman–Crippen LogP) is 6.13. The van der Waals surface area contributed by atoms with Gasteiger partial charge in [0, 0.05) is 16.7 Å². The molecule has 168 valence electrons. The van der Waals surface area contributed by atoms with Gasteiger partial charge in [-0.05, 0) is 17.7 Å². The zero-order valence-electron chi connectivity index (χ0n) is 18.6. The third-order valence-electron chi connectivity index (χ3n) is 5.13. The van der Waals surface area contributed by atoms with Crippen LogP contribution < -0.4 is 4.74 Å². The van der Waals surface area contributed by atoms with Crippen molar-refractivity contribution in [2.75, 3.05) is 12.9 Å². The minimum Gasteiger partial charge on any atom is -0.496 e. The molecule has 0 aliphatic rings. The molecule has 0 radical (unpaired) electrons. The van der Waals surface area contributed by atoms with E-state index in [1.807, 2.05) is 91.0 Å². The second-order valence-corrected chi connectivity index (χ2v) is 8.31. The van der Waals surface area contributed by atoms with Crippen molar-refractivity contribution in [3.63, 3.8) is 0 Å². The third-order valence-corrected chi connectivity index (χ3v) is 6.08. The lowest BCUT2D eigenvalue weighted by molar-refractivity contribution is -0.141. The molecule has 0 saturated heterocycles. The molecule has 6 heteroatoms. The van der Waals surface area contributed by atoms with Crippen LogP contribution in [0, 0.1) is 11.3 Å². The maximum atomic E-state index is 12.4. The van der Waals surface area contributed by atoms with Crippen LogP contribution >= 0.6 is 11.8 Å². The molecular weight excluding hydrogens is 444 g/mol. The number of carbonyl (C=O) groups excluding carboxylic acids is 1. The van der Waals surface area contributed by atoms with Crippen LogP contribution in [-0.2, 0) is 16.1 Å². The van der Waals surface area contributed by atoms with Crippen molar-refractivity contribution in [3.05, 3.63) is 102 Å². The summed E-state index contributed by atoms with van der Waals surface area (Å²) in [5.74, 6) is 0.323. The molecule has 0 fully saturated rings. The van der Waals surface area contributed by atoms with E-state index in [0.717, 1.165) is 16.7 Å². The van der Waals surface area contributed by atoms with Crippen LogP contribution in [0.1, 0.15) is 11.1 Å². The first-order valence-electron chi connectivity index (χ1n) is 10.7. The van der Waals surface area contributed by atoms with Gasteiger partial charge in [-0.3, -0.25) is 4.79 Å². The maximum Gasteiger partial charge on any atom is 0.316 e. The molecule has 5 nitrogen and oxygen atoms in total. The van der Waals surface area contributed by atoms with Gasteiger partial charge in [-0.1, -0.05) is 90.6 Å². The summed E-state index contributed by atoms with van der Waals surface area (Å²) in [6, 6.07) is 31.0. The summed E-state index contributed by atoms with van der Waals surface area (Å²) in [5, 5.41) is 10.5. The van der Waals surface area contributed by atoms with Crippen LogP contribution in [0.5, 0.6) is 5.75 Å². The van der Waals surface area contributed by atoms with Gasteiger partial charge in [0.05, 0.1) is 24.1 Å². The maximum absolute atomic E-state index is 12.4. The van der Waals surface area contributed by atoms with Crippen LogP contribution in [0.15, 0.2) is 96.0 Å². The van der Waals surface area contributed by atoms with E-state index in [0.29, 0.717) is 27.6 Å². The molecule has 0 N–H and O–H groups in total. The lowest BCUT2D eigenvalue weighted by atomic mass is 9.98. The number of hydrogen-bond acceptors (Lipinski definition) is 6. The largest absolute Gasteiger partial charge is 0.496 e. The van der Waals surface area contributed by atoms with Gasteiger partial charge in [-0.2, -0.15) is 5.26 Å². The Morgan fingerprint density at radius 1 is 0.941 bits per heavy atom. The Labute approximate surface area is 203 Å². The zero-order chi connectivity index (χ0) is 23.8. The number of hydrogen-bond donors (Lipinski definition) is 0. The summed E-state index contributed by atoms with van der Waals surface area (Å²) in [7, 11) is 1.60. The number of methoxy groups -OCH3 is 1. The monoisotopic (exact) mass is 466 g/mol. The van der Waals surface area contributed by atoms with Crippen LogP contribution in [0.25, 0.3) is 22.4 Å². The molecule has 1 aromatic heterocycles. The summed E-state index contributed by atoms with van der Waals surface area (Å²) in [6.07, 6.45) is 0. The van der Waals surface area contributed by atoms with E-state index in [4.69, 9.17) is 14.5 Å². The van der Waals surface area contributed by atoms with E-state index in [9.17, 15) is 10.1 Å². The van der Waals surface area contributed by atoms with Gasteiger partial charge < -0.3 is 9.47 Å². The first-order valence-corrected chi connectivity index (χ1v) is 11.6. The van der Waals surface area contributed by atoms with Crippen molar-refractivity contribution in [2.45, 2.75) is 11.6 Å². The van der Waals surface area contributed by atoms with E-state index in [1.54, 1.807) is 7.11 Å². The Morgan fingerprint density at radius 2 is 1.62 bits per heavy atom. The highest BCUT2D eigenvalue weighted by Crippen LogP contribution is 2.38. The number of carbonyl (C=O) groups is 1.